The number of rotatable bonds is 9. The molecule has 4 rings (SSSR count). The first-order valence-electron chi connectivity index (χ1n) is 12.4. The molecule has 0 spiro atoms. The van der Waals surface area contributed by atoms with Gasteiger partial charge in [-0.25, -0.2) is 4.98 Å². The van der Waals surface area contributed by atoms with Crippen molar-refractivity contribution in [1.29, 1.82) is 0 Å². The van der Waals surface area contributed by atoms with Crippen LogP contribution in [0, 0.1) is 12.8 Å². The van der Waals surface area contributed by atoms with Gasteiger partial charge in [0.05, 0.1) is 0 Å². The quantitative estimate of drug-likeness (QED) is 0.408. The molecule has 1 aromatic heterocycles. The minimum atomic E-state index is 0.258. The number of likely N-dealkylation sites (tertiary alicyclic amines) is 1. The molecule has 0 unspecified atom stereocenters. The molecule has 2 heterocycles. The first kappa shape index (κ1) is 24.4. The van der Waals surface area contributed by atoms with Gasteiger partial charge in [-0.05, 0) is 57.1 Å². The third-order valence-corrected chi connectivity index (χ3v) is 7.50. The Morgan fingerprint density at radius 1 is 1.06 bits per heavy atom. The average Bonchev–Trinajstić information content (AvgIpc) is 3.29. The summed E-state index contributed by atoms with van der Waals surface area (Å²) in [4.78, 5) is 22.0. The third-order valence-electron chi connectivity index (χ3n) is 6.71. The van der Waals surface area contributed by atoms with Gasteiger partial charge in [-0.2, -0.15) is 4.37 Å². The van der Waals surface area contributed by atoms with Crippen molar-refractivity contribution in [3.05, 3.63) is 77.1 Å². The maximum Gasteiger partial charge on any atom is 0.224 e. The van der Waals surface area contributed by atoms with Crippen molar-refractivity contribution in [2.45, 2.75) is 58.9 Å². The molecule has 5 nitrogen and oxygen atoms in total. The zero-order chi connectivity index (χ0) is 23.9. The van der Waals surface area contributed by atoms with Crippen LogP contribution >= 0.6 is 11.5 Å². The Morgan fingerprint density at radius 2 is 1.76 bits per heavy atom. The number of hydrogen-bond acceptors (Lipinski definition) is 5. The molecule has 0 bridgehead atoms. The summed E-state index contributed by atoms with van der Waals surface area (Å²) in [5, 5.41) is 0.909. The van der Waals surface area contributed by atoms with Gasteiger partial charge in [-0.1, -0.05) is 60.2 Å². The Morgan fingerprint density at radius 3 is 2.44 bits per heavy atom. The fraction of sp³-hybridized carbons (Fsp3) is 0.464. The Hall–Kier alpha value is -2.73. The summed E-state index contributed by atoms with van der Waals surface area (Å²) in [7, 11) is 0. The average molecular weight is 477 g/mol. The minimum absolute atomic E-state index is 0.258. The van der Waals surface area contributed by atoms with E-state index in [0.717, 1.165) is 49.7 Å². The minimum Gasteiger partial charge on any atom is -0.344 e. The van der Waals surface area contributed by atoms with Gasteiger partial charge < -0.3 is 9.80 Å². The van der Waals surface area contributed by atoms with Crippen LogP contribution in [0.15, 0.2) is 54.6 Å². The first-order chi connectivity index (χ1) is 16.5. The van der Waals surface area contributed by atoms with Crippen LogP contribution in [-0.2, 0) is 17.6 Å². The lowest BCUT2D eigenvalue weighted by molar-refractivity contribution is -0.132. The molecule has 0 saturated carbocycles. The highest BCUT2D eigenvalue weighted by Crippen LogP contribution is 2.24. The molecule has 180 valence electrons. The summed E-state index contributed by atoms with van der Waals surface area (Å²) < 4.78 is 4.59. The van der Waals surface area contributed by atoms with E-state index in [9.17, 15) is 4.79 Å². The second-order valence-electron chi connectivity index (χ2n) is 9.71. The van der Waals surface area contributed by atoms with Gasteiger partial charge in [0, 0.05) is 50.1 Å². The maximum absolute atomic E-state index is 13.0. The third kappa shape index (κ3) is 6.66. The standard InChI is InChI=1S/C28H36N4OS/c1-21(2)32(28-29-26(30-34-28)20-24-11-9-22(3)10-12-24)18-15-27(33)31-16-13-25(14-17-31)19-23-7-5-4-6-8-23/h4-12,21,25H,13-20H2,1-3H3. The molecule has 2 aromatic carbocycles. The maximum atomic E-state index is 13.0. The van der Waals surface area contributed by atoms with E-state index in [2.05, 4.69) is 89.5 Å². The molecule has 0 radical (unpaired) electrons. The molecule has 34 heavy (non-hydrogen) atoms. The lowest BCUT2D eigenvalue weighted by atomic mass is 9.90. The number of piperidine rings is 1. The predicted molar refractivity (Wildman–Crippen MR) is 140 cm³/mol. The molecule has 1 saturated heterocycles. The summed E-state index contributed by atoms with van der Waals surface area (Å²) in [6.45, 7) is 8.83. The van der Waals surface area contributed by atoms with E-state index >= 15 is 0 Å². The van der Waals surface area contributed by atoms with E-state index in [0.29, 0.717) is 18.9 Å². The SMILES string of the molecule is Cc1ccc(Cc2nsc(N(CCC(=O)N3CCC(Cc4ccccc4)CC3)C(C)C)n2)cc1. The molecule has 0 N–H and O–H groups in total. The van der Waals surface area contributed by atoms with E-state index < -0.39 is 0 Å². The number of carbonyl (C=O) groups excluding carboxylic acids is 1. The van der Waals surface area contributed by atoms with Gasteiger partial charge in [-0.15, -0.1) is 0 Å². The van der Waals surface area contributed by atoms with Crippen LogP contribution in [0.2, 0.25) is 0 Å². The Bertz CT molecular complexity index is 1040. The van der Waals surface area contributed by atoms with Crippen LogP contribution in [0.4, 0.5) is 5.13 Å². The van der Waals surface area contributed by atoms with Gasteiger partial charge in [0.15, 0.2) is 0 Å². The number of aromatic nitrogens is 2. The molecular weight excluding hydrogens is 440 g/mol. The number of amides is 1. The zero-order valence-corrected chi connectivity index (χ0v) is 21.4. The molecule has 0 aliphatic carbocycles. The monoisotopic (exact) mass is 476 g/mol. The van der Waals surface area contributed by atoms with E-state index in [4.69, 9.17) is 4.98 Å². The summed E-state index contributed by atoms with van der Waals surface area (Å²) in [5.41, 5.74) is 3.88. The Balaban J connectivity index is 1.27. The molecule has 6 heteroatoms. The van der Waals surface area contributed by atoms with Crippen molar-refractivity contribution in [1.82, 2.24) is 14.3 Å². The van der Waals surface area contributed by atoms with E-state index in [1.807, 2.05) is 0 Å². The Labute approximate surface area is 208 Å². The second-order valence-corrected chi connectivity index (χ2v) is 10.4. The van der Waals surface area contributed by atoms with Crippen molar-refractivity contribution in [2.24, 2.45) is 5.92 Å². The van der Waals surface area contributed by atoms with Gasteiger partial charge in [0.2, 0.25) is 11.0 Å². The van der Waals surface area contributed by atoms with Crippen LogP contribution in [0.25, 0.3) is 0 Å². The van der Waals surface area contributed by atoms with Crippen molar-refractivity contribution in [3.63, 3.8) is 0 Å². The van der Waals surface area contributed by atoms with Crippen molar-refractivity contribution < 1.29 is 4.79 Å². The van der Waals surface area contributed by atoms with Crippen LogP contribution in [0.3, 0.4) is 0 Å². The van der Waals surface area contributed by atoms with Crippen LogP contribution in [-0.4, -0.2) is 45.8 Å². The fourth-order valence-corrected chi connectivity index (χ4v) is 5.45. The number of aryl methyl sites for hydroxylation is 1. The highest BCUT2D eigenvalue weighted by Gasteiger charge is 2.24. The smallest absolute Gasteiger partial charge is 0.224 e. The van der Waals surface area contributed by atoms with Crippen molar-refractivity contribution >= 4 is 22.6 Å². The number of benzene rings is 2. The lowest BCUT2D eigenvalue weighted by Gasteiger charge is -2.33. The van der Waals surface area contributed by atoms with E-state index in [1.54, 1.807) is 0 Å². The number of carbonyl (C=O) groups is 1. The molecule has 1 fully saturated rings. The highest BCUT2D eigenvalue weighted by molar-refractivity contribution is 7.09. The summed E-state index contributed by atoms with van der Waals surface area (Å²) >= 11 is 1.44. The van der Waals surface area contributed by atoms with Crippen LogP contribution < -0.4 is 4.90 Å². The number of anilines is 1. The topological polar surface area (TPSA) is 49.3 Å². The van der Waals surface area contributed by atoms with E-state index in [1.165, 1.54) is 28.2 Å². The first-order valence-corrected chi connectivity index (χ1v) is 13.2. The summed E-state index contributed by atoms with van der Waals surface area (Å²) in [6, 6.07) is 19.5. The molecule has 1 aliphatic heterocycles. The van der Waals surface area contributed by atoms with Crippen molar-refractivity contribution in [2.75, 3.05) is 24.5 Å². The summed E-state index contributed by atoms with van der Waals surface area (Å²) in [6.07, 6.45) is 4.56. The molecular formula is C28H36N4OS. The molecule has 1 amide bonds. The Kier molecular flexibility index (Phi) is 8.33. The molecule has 1 aliphatic rings. The number of nitrogens with zero attached hydrogens (tertiary/aromatic N) is 4. The molecule has 3 aromatic rings. The predicted octanol–water partition coefficient (Wildman–Crippen LogP) is 5.52. The van der Waals surface area contributed by atoms with Crippen molar-refractivity contribution in [3.8, 4) is 0 Å². The second kappa shape index (κ2) is 11.6. The zero-order valence-electron chi connectivity index (χ0n) is 20.6. The lowest BCUT2D eigenvalue weighted by Crippen LogP contribution is -2.41. The van der Waals surface area contributed by atoms with Crippen LogP contribution in [0.5, 0.6) is 0 Å². The summed E-state index contributed by atoms with van der Waals surface area (Å²) in [5.74, 6) is 1.78. The van der Waals surface area contributed by atoms with Crippen LogP contribution in [0.1, 0.15) is 55.6 Å². The molecule has 0 atom stereocenters. The van der Waals surface area contributed by atoms with Gasteiger partial charge in [-0.3, -0.25) is 4.79 Å². The highest BCUT2D eigenvalue weighted by atomic mass is 32.1. The fourth-order valence-electron chi connectivity index (χ4n) is 4.60. The number of hydrogen-bond donors (Lipinski definition) is 0. The normalized spacial score (nSPS) is 14.5. The van der Waals surface area contributed by atoms with E-state index in [-0.39, 0.29) is 11.9 Å². The van der Waals surface area contributed by atoms with Gasteiger partial charge in [0.1, 0.15) is 5.82 Å². The largest absolute Gasteiger partial charge is 0.344 e. The van der Waals surface area contributed by atoms with Gasteiger partial charge in [0.25, 0.3) is 0 Å². The van der Waals surface area contributed by atoms with Gasteiger partial charge >= 0.3 is 0 Å².